The number of aromatic nitrogens is 2. The second-order valence-electron chi connectivity index (χ2n) is 2.71. The minimum Gasteiger partial charge on any atom is -0.298 e. The molecule has 0 spiro atoms. The lowest BCUT2D eigenvalue weighted by molar-refractivity contribution is 0.112. The number of aryl methyl sites for hydroxylation is 1. The van der Waals surface area contributed by atoms with E-state index in [-0.39, 0.29) is 1.43 Å². The third-order valence-electron chi connectivity index (χ3n) is 1.92. The number of hydrogen-bond donors (Lipinski definition) is 1. The molecule has 0 saturated carbocycles. The number of carbonyl (C=O) groups is 1. The summed E-state index contributed by atoms with van der Waals surface area (Å²) in [6.07, 6.45) is 0.852. The van der Waals surface area contributed by atoms with Crippen molar-refractivity contribution in [3.05, 3.63) is 29.5 Å². The fourth-order valence-electron chi connectivity index (χ4n) is 1.36. The Balaban J connectivity index is 0.000000617. The van der Waals surface area contributed by atoms with Gasteiger partial charge in [0.25, 0.3) is 0 Å². The van der Waals surface area contributed by atoms with Gasteiger partial charge in [-0.2, -0.15) is 5.10 Å². The molecule has 3 heteroatoms. The Kier molecular flexibility index (Phi) is 3.40. The van der Waals surface area contributed by atoms with Crippen molar-refractivity contribution in [3.8, 4) is 0 Å². The van der Waals surface area contributed by atoms with Gasteiger partial charge in [-0.3, -0.25) is 9.89 Å². The van der Waals surface area contributed by atoms with Crippen LogP contribution >= 0.6 is 0 Å². The Morgan fingerprint density at radius 2 is 2.14 bits per heavy atom. The molecule has 0 aliphatic heterocycles. The van der Waals surface area contributed by atoms with E-state index < -0.39 is 0 Å². The van der Waals surface area contributed by atoms with Crippen LogP contribution in [-0.2, 0) is 0 Å². The minimum absolute atomic E-state index is 0. The smallest absolute Gasteiger partial charge is 0.150 e. The third kappa shape index (κ3) is 1.66. The van der Waals surface area contributed by atoms with Crippen molar-refractivity contribution >= 4 is 17.2 Å². The normalized spacial score (nSPS) is 9.36. The van der Waals surface area contributed by atoms with Crippen LogP contribution in [0.2, 0.25) is 0 Å². The number of aldehydes is 1. The molecule has 0 fully saturated rings. The molecule has 0 bridgehead atoms. The number of rotatable bonds is 1. The molecule has 0 amide bonds. The van der Waals surface area contributed by atoms with Crippen LogP contribution in [0.4, 0.5) is 0 Å². The minimum atomic E-state index is 0. The quantitative estimate of drug-likeness (QED) is 0.706. The van der Waals surface area contributed by atoms with Crippen molar-refractivity contribution in [2.24, 2.45) is 0 Å². The van der Waals surface area contributed by atoms with Crippen molar-refractivity contribution in [3.63, 3.8) is 0 Å². The highest BCUT2D eigenvalue weighted by molar-refractivity contribution is 5.97. The number of carbonyl (C=O) groups excluding carboxylic acids is 1. The van der Waals surface area contributed by atoms with Crippen molar-refractivity contribution < 1.29 is 6.22 Å². The molecular weight excluding hydrogens is 176 g/mol. The summed E-state index contributed by atoms with van der Waals surface area (Å²) < 4.78 is 0. The molecule has 1 aromatic heterocycles. The fraction of sp³-hybridized carbons (Fsp3) is 0.273. The summed E-state index contributed by atoms with van der Waals surface area (Å²) in [5.41, 5.74) is 2.48. The van der Waals surface area contributed by atoms with E-state index in [2.05, 4.69) is 10.2 Å². The molecular formula is C11H16N2O. The monoisotopic (exact) mass is 192 g/mol. The van der Waals surface area contributed by atoms with E-state index in [0.717, 1.165) is 22.9 Å². The molecule has 1 aromatic carbocycles. The van der Waals surface area contributed by atoms with Crippen molar-refractivity contribution in [2.75, 3.05) is 0 Å². The van der Waals surface area contributed by atoms with Gasteiger partial charge in [0.1, 0.15) is 0 Å². The molecule has 1 heterocycles. The Hall–Kier alpha value is -1.64. The largest absolute Gasteiger partial charge is 0.298 e. The van der Waals surface area contributed by atoms with E-state index >= 15 is 0 Å². The van der Waals surface area contributed by atoms with Crippen molar-refractivity contribution in [2.45, 2.75) is 20.8 Å². The summed E-state index contributed by atoms with van der Waals surface area (Å²) in [7, 11) is 0. The highest BCUT2D eigenvalue weighted by atomic mass is 16.1. The maximum absolute atomic E-state index is 10.6. The molecule has 0 aliphatic carbocycles. The molecule has 2 aromatic rings. The van der Waals surface area contributed by atoms with Gasteiger partial charge in [0, 0.05) is 18.1 Å². The summed E-state index contributed by atoms with van der Waals surface area (Å²) in [6.45, 7) is 5.91. The van der Waals surface area contributed by atoms with Gasteiger partial charge in [-0.15, -0.1) is 0 Å². The molecule has 2 rings (SSSR count). The molecule has 14 heavy (non-hydrogen) atoms. The first kappa shape index (κ1) is 10.4. The summed E-state index contributed by atoms with van der Waals surface area (Å²) in [5, 5.41) is 7.81. The zero-order valence-electron chi connectivity index (χ0n) is 8.66. The molecule has 0 saturated heterocycles. The van der Waals surface area contributed by atoms with E-state index in [9.17, 15) is 4.79 Å². The topological polar surface area (TPSA) is 45.8 Å². The number of benzene rings is 1. The van der Waals surface area contributed by atoms with Gasteiger partial charge < -0.3 is 0 Å². The standard InChI is InChI=1S/C9H8N2O.C2H6.H2/c1-6-9-7(5-12)3-2-4-8(9)11-10-6;1-2;/h2-5H,1H3,(H,10,11);1-2H3;1H. The number of hydrogen-bond acceptors (Lipinski definition) is 2. The van der Waals surface area contributed by atoms with Crippen LogP contribution in [0.15, 0.2) is 18.2 Å². The van der Waals surface area contributed by atoms with Gasteiger partial charge in [0.05, 0.1) is 5.52 Å². The van der Waals surface area contributed by atoms with Crippen LogP contribution in [0, 0.1) is 6.92 Å². The molecule has 0 aliphatic rings. The van der Waals surface area contributed by atoms with Gasteiger partial charge in [0.15, 0.2) is 6.29 Å². The summed E-state index contributed by atoms with van der Waals surface area (Å²) in [6, 6.07) is 5.50. The lowest BCUT2D eigenvalue weighted by Gasteiger charge is -1.92. The van der Waals surface area contributed by atoms with Crippen molar-refractivity contribution in [1.82, 2.24) is 10.2 Å². The molecule has 3 nitrogen and oxygen atoms in total. The molecule has 76 valence electrons. The maximum atomic E-state index is 10.6. The highest BCUT2D eigenvalue weighted by Crippen LogP contribution is 2.17. The SMILES string of the molecule is CC.Cc1[nH]nc2cccc(C=O)c12.[HH]. The van der Waals surface area contributed by atoms with Crippen LogP contribution in [0.1, 0.15) is 31.3 Å². The first-order valence-corrected chi connectivity index (χ1v) is 4.72. The van der Waals surface area contributed by atoms with E-state index in [1.54, 1.807) is 6.07 Å². The van der Waals surface area contributed by atoms with Crippen LogP contribution in [0.5, 0.6) is 0 Å². The number of nitrogens with zero attached hydrogens (tertiary/aromatic N) is 1. The Bertz CT molecular complexity index is 437. The number of fused-ring (bicyclic) bond motifs is 1. The zero-order chi connectivity index (χ0) is 10.6. The molecule has 0 unspecified atom stereocenters. The molecule has 0 atom stereocenters. The third-order valence-corrected chi connectivity index (χ3v) is 1.92. The van der Waals surface area contributed by atoms with E-state index in [1.165, 1.54) is 0 Å². The first-order chi connectivity index (χ1) is 6.83. The maximum Gasteiger partial charge on any atom is 0.150 e. The van der Waals surface area contributed by atoms with Gasteiger partial charge in [-0.25, -0.2) is 0 Å². The van der Waals surface area contributed by atoms with E-state index in [0.29, 0.717) is 5.56 Å². The average Bonchev–Trinajstić information content (AvgIpc) is 2.64. The summed E-state index contributed by atoms with van der Waals surface area (Å²) in [5.74, 6) is 0. The summed E-state index contributed by atoms with van der Waals surface area (Å²) in [4.78, 5) is 10.6. The molecule has 1 N–H and O–H groups in total. The first-order valence-electron chi connectivity index (χ1n) is 4.72. The number of nitrogens with one attached hydrogen (secondary N) is 1. The predicted octanol–water partition coefficient (Wildman–Crippen LogP) is 2.96. The van der Waals surface area contributed by atoms with E-state index in [1.807, 2.05) is 32.9 Å². The highest BCUT2D eigenvalue weighted by Gasteiger charge is 2.04. The number of aromatic amines is 1. The van der Waals surface area contributed by atoms with Gasteiger partial charge in [-0.1, -0.05) is 26.0 Å². The van der Waals surface area contributed by atoms with Crippen molar-refractivity contribution in [1.29, 1.82) is 0 Å². The Morgan fingerprint density at radius 1 is 1.43 bits per heavy atom. The second-order valence-corrected chi connectivity index (χ2v) is 2.71. The van der Waals surface area contributed by atoms with Gasteiger partial charge >= 0.3 is 0 Å². The predicted molar refractivity (Wildman–Crippen MR) is 59.7 cm³/mol. The second kappa shape index (κ2) is 4.56. The summed E-state index contributed by atoms with van der Waals surface area (Å²) >= 11 is 0. The van der Waals surface area contributed by atoms with Crippen LogP contribution < -0.4 is 0 Å². The lowest BCUT2D eigenvalue weighted by Crippen LogP contribution is -1.81. The Labute approximate surface area is 84.6 Å². The van der Waals surface area contributed by atoms with E-state index in [4.69, 9.17) is 0 Å². The van der Waals surface area contributed by atoms with Gasteiger partial charge in [0.2, 0.25) is 0 Å². The van der Waals surface area contributed by atoms with Crippen LogP contribution in [0.25, 0.3) is 10.9 Å². The molecule has 0 radical (unpaired) electrons. The average molecular weight is 192 g/mol. The lowest BCUT2D eigenvalue weighted by atomic mass is 10.1. The van der Waals surface area contributed by atoms with Gasteiger partial charge in [-0.05, 0) is 13.0 Å². The van der Waals surface area contributed by atoms with Crippen LogP contribution in [-0.4, -0.2) is 16.5 Å². The number of H-pyrrole nitrogens is 1. The Morgan fingerprint density at radius 3 is 2.79 bits per heavy atom. The zero-order valence-corrected chi connectivity index (χ0v) is 8.66. The fourth-order valence-corrected chi connectivity index (χ4v) is 1.36. The van der Waals surface area contributed by atoms with Crippen LogP contribution in [0.3, 0.4) is 0 Å².